The first-order chi connectivity index (χ1) is 9.45. The maximum atomic E-state index is 11.4. The van der Waals surface area contributed by atoms with Crippen LogP contribution in [0.3, 0.4) is 0 Å². The summed E-state index contributed by atoms with van der Waals surface area (Å²) in [7, 11) is -1.50. The van der Waals surface area contributed by atoms with Crippen molar-refractivity contribution in [2.45, 2.75) is 0 Å². The first kappa shape index (κ1) is 13.3. The zero-order valence-electron chi connectivity index (χ0n) is 11.3. The van der Waals surface area contributed by atoms with Crippen LogP contribution in [0.4, 0.5) is 5.82 Å². The third-order valence-electron chi connectivity index (χ3n) is 3.57. The summed E-state index contributed by atoms with van der Waals surface area (Å²) in [6.45, 7) is 2.11. The number of aromatic amines is 1. The van der Waals surface area contributed by atoms with Gasteiger partial charge in [-0.1, -0.05) is 0 Å². The second-order valence-electron chi connectivity index (χ2n) is 5.14. The van der Waals surface area contributed by atoms with E-state index in [1.54, 1.807) is 13.2 Å². The predicted octanol–water partition coefficient (Wildman–Crippen LogP) is -0.320. The molecule has 1 aliphatic rings. The summed E-state index contributed by atoms with van der Waals surface area (Å²) >= 11 is 0. The van der Waals surface area contributed by atoms with Crippen molar-refractivity contribution >= 4 is 26.9 Å². The van der Waals surface area contributed by atoms with Crippen molar-refractivity contribution in [1.82, 2.24) is 24.5 Å². The molecule has 0 saturated carbocycles. The van der Waals surface area contributed by atoms with Crippen molar-refractivity contribution in [2.24, 2.45) is 5.92 Å². The van der Waals surface area contributed by atoms with Gasteiger partial charge in [-0.15, -0.1) is 0 Å². The van der Waals surface area contributed by atoms with Gasteiger partial charge in [0.15, 0.2) is 5.65 Å². The SMILES string of the molecule is CN(CC1CN(c2ncnc3[nH]ncc23)C1)S(C)(=O)=O. The van der Waals surface area contributed by atoms with E-state index in [0.29, 0.717) is 18.1 Å². The molecule has 0 radical (unpaired) electrons. The molecule has 0 unspecified atom stereocenters. The maximum Gasteiger partial charge on any atom is 0.210 e. The highest BCUT2D eigenvalue weighted by molar-refractivity contribution is 7.88. The minimum Gasteiger partial charge on any atom is -0.355 e. The van der Waals surface area contributed by atoms with E-state index in [1.165, 1.54) is 16.9 Å². The van der Waals surface area contributed by atoms with E-state index >= 15 is 0 Å². The molecule has 1 saturated heterocycles. The minimum atomic E-state index is -3.11. The van der Waals surface area contributed by atoms with Crippen LogP contribution in [0.25, 0.3) is 11.0 Å². The lowest BCUT2D eigenvalue weighted by Gasteiger charge is -2.41. The van der Waals surface area contributed by atoms with E-state index in [-0.39, 0.29) is 0 Å². The molecule has 0 amide bonds. The van der Waals surface area contributed by atoms with Gasteiger partial charge in [0.1, 0.15) is 12.1 Å². The van der Waals surface area contributed by atoms with Crippen LogP contribution >= 0.6 is 0 Å². The lowest BCUT2D eigenvalue weighted by atomic mass is 10.00. The highest BCUT2D eigenvalue weighted by atomic mass is 32.2. The van der Waals surface area contributed by atoms with Crippen LogP contribution in [-0.4, -0.2) is 65.8 Å². The third-order valence-corrected chi connectivity index (χ3v) is 4.85. The Morgan fingerprint density at radius 1 is 1.45 bits per heavy atom. The average Bonchev–Trinajstić information content (AvgIpc) is 2.79. The molecule has 0 bridgehead atoms. The summed E-state index contributed by atoms with van der Waals surface area (Å²) < 4.78 is 24.1. The molecule has 0 aliphatic carbocycles. The van der Waals surface area contributed by atoms with E-state index in [9.17, 15) is 8.42 Å². The fourth-order valence-corrected chi connectivity index (χ4v) is 2.84. The van der Waals surface area contributed by atoms with Gasteiger partial charge in [0.2, 0.25) is 10.0 Å². The molecule has 0 spiro atoms. The second kappa shape index (κ2) is 4.67. The lowest BCUT2D eigenvalue weighted by Crippen LogP contribution is -2.52. The number of aromatic nitrogens is 4. The number of rotatable bonds is 4. The molecule has 108 valence electrons. The smallest absolute Gasteiger partial charge is 0.210 e. The second-order valence-corrected chi connectivity index (χ2v) is 7.23. The zero-order valence-corrected chi connectivity index (χ0v) is 12.1. The molecule has 2 aromatic rings. The largest absolute Gasteiger partial charge is 0.355 e. The molecule has 20 heavy (non-hydrogen) atoms. The topological polar surface area (TPSA) is 95.1 Å². The molecule has 1 fully saturated rings. The monoisotopic (exact) mass is 296 g/mol. The Bertz CT molecular complexity index is 721. The molecule has 8 nitrogen and oxygen atoms in total. The van der Waals surface area contributed by atoms with Gasteiger partial charge in [-0.2, -0.15) is 5.10 Å². The number of hydrogen-bond acceptors (Lipinski definition) is 6. The van der Waals surface area contributed by atoms with Crippen molar-refractivity contribution in [1.29, 1.82) is 0 Å². The predicted molar refractivity (Wildman–Crippen MR) is 74.9 cm³/mol. The van der Waals surface area contributed by atoms with Gasteiger partial charge in [-0.05, 0) is 0 Å². The average molecular weight is 296 g/mol. The normalized spacial score (nSPS) is 16.9. The van der Waals surface area contributed by atoms with Crippen molar-refractivity contribution < 1.29 is 8.42 Å². The van der Waals surface area contributed by atoms with Crippen LogP contribution in [0, 0.1) is 5.92 Å². The van der Waals surface area contributed by atoms with Gasteiger partial charge in [-0.25, -0.2) is 22.7 Å². The lowest BCUT2D eigenvalue weighted by molar-refractivity contribution is 0.327. The highest BCUT2D eigenvalue weighted by Crippen LogP contribution is 2.28. The molecule has 9 heteroatoms. The van der Waals surface area contributed by atoms with E-state index in [1.807, 2.05) is 0 Å². The Balaban J connectivity index is 1.68. The maximum absolute atomic E-state index is 11.4. The molecule has 3 rings (SSSR count). The number of nitrogens with zero attached hydrogens (tertiary/aromatic N) is 5. The van der Waals surface area contributed by atoms with Gasteiger partial charge >= 0.3 is 0 Å². The van der Waals surface area contributed by atoms with Crippen LogP contribution in [0.1, 0.15) is 0 Å². The van der Waals surface area contributed by atoms with Gasteiger partial charge < -0.3 is 4.90 Å². The van der Waals surface area contributed by atoms with Crippen molar-refractivity contribution in [3.8, 4) is 0 Å². The van der Waals surface area contributed by atoms with Gasteiger partial charge in [-0.3, -0.25) is 5.10 Å². The fourth-order valence-electron chi connectivity index (χ4n) is 2.36. The Labute approximate surface area is 116 Å². The number of sulfonamides is 1. The molecular weight excluding hydrogens is 280 g/mol. The summed E-state index contributed by atoms with van der Waals surface area (Å²) in [5.74, 6) is 1.17. The van der Waals surface area contributed by atoms with Crippen LogP contribution < -0.4 is 4.90 Å². The van der Waals surface area contributed by atoms with E-state index in [0.717, 1.165) is 24.3 Å². The van der Waals surface area contributed by atoms with E-state index in [2.05, 4.69) is 25.1 Å². The molecule has 3 heterocycles. The van der Waals surface area contributed by atoms with Crippen LogP contribution in [0.2, 0.25) is 0 Å². The van der Waals surface area contributed by atoms with Gasteiger partial charge in [0.25, 0.3) is 0 Å². The van der Waals surface area contributed by atoms with Crippen LogP contribution in [-0.2, 0) is 10.0 Å². The molecule has 2 aromatic heterocycles. The summed E-state index contributed by atoms with van der Waals surface area (Å²) in [4.78, 5) is 10.5. The number of anilines is 1. The van der Waals surface area contributed by atoms with E-state index < -0.39 is 10.0 Å². The van der Waals surface area contributed by atoms with Crippen LogP contribution in [0.5, 0.6) is 0 Å². The standard InChI is InChI=1S/C11H16N6O2S/c1-16(20(2,18)19)4-8-5-17(6-8)11-9-3-14-15-10(9)12-7-13-11/h3,7-8H,4-6H2,1-2H3,(H,12,13,14,15). The molecular formula is C11H16N6O2S. The first-order valence-corrected chi connectivity index (χ1v) is 8.10. The molecule has 0 atom stereocenters. The summed E-state index contributed by atoms with van der Waals surface area (Å²) in [6.07, 6.45) is 4.44. The van der Waals surface area contributed by atoms with Crippen LogP contribution in [0.15, 0.2) is 12.5 Å². The van der Waals surface area contributed by atoms with Crippen molar-refractivity contribution in [2.75, 3.05) is 37.8 Å². The number of hydrogen-bond donors (Lipinski definition) is 1. The Kier molecular flexibility index (Phi) is 3.09. The number of nitrogens with one attached hydrogen (secondary N) is 1. The first-order valence-electron chi connectivity index (χ1n) is 6.25. The minimum absolute atomic E-state index is 0.326. The summed E-state index contributed by atoms with van der Waals surface area (Å²) in [5, 5.41) is 7.66. The van der Waals surface area contributed by atoms with Gasteiger partial charge in [0.05, 0.1) is 17.8 Å². The zero-order chi connectivity index (χ0) is 14.3. The third kappa shape index (κ3) is 2.34. The van der Waals surface area contributed by atoms with Gasteiger partial charge in [0, 0.05) is 32.6 Å². The Morgan fingerprint density at radius 3 is 2.90 bits per heavy atom. The van der Waals surface area contributed by atoms with Crippen molar-refractivity contribution in [3.05, 3.63) is 12.5 Å². The Morgan fingerprint density at radius 2 is 2.20 bits per heavy atom. The Hall–Kier alpha value is -1.74. The van der Waals surface area contributed by atoms with Crippen molar-refractivity contribution in [3.63, 3.8) is 0 Å². The molecule has 0 aromatic carbocycles. The fraction of sp³-hybridized carbons (Fsp3) is 0.545. The molecule has 1 N–H and O–H groups in total. The summed E-state index contributed by atoms with van der Waals surface area (Å²) in [6, 6.07) is 0. The number of fused-ring (bicyclic) bond motifs is 1. The highest BCUT2D eigenvalue weighted by Gasteiger charge is 2.31. The quantitative estimate of drug-likeness (QED) is 0.831. The summed E-state index contributed by atoms with van der Waals surface area (Å²) in [5.41, 5.74) is 0.715. The molecule has 1 aliphatic heterocycles. The van der Waals surface area contributed by atoms with E-state index in [4.69, 9.17) is 0 Å². The number of H-pyrrole nitrogens is 1.